The van der Waals surface area contributed by atoms with Gasteiger partial charge in [-0.2, -0.15) is 18.3 Å². The molecule has 3 heterocycles. The molecule has 1 aromatic heterocycles. The number of benzene rings is 1. The zero-order valence-corrected chi connectivity index (χ0v) is 21.0. The van der Waals surface area contributed by atoms with Crippen LogP contribution in [0, 0.1) is 17.5 Å². The Morgan fingerprint density at radius 3 is 2.03 bits per heavy atom. The number of rotatable bonds is 7. The lowest BCUT2D eigenvalue weighted by Crippen LogP contribution is -2.64. The number of piperidine rings is 2. The standard InChI is InChI=1S/C25H30F6N4O3/c1-2-38-24(37)17-14-32(22-16(23(17)36)13-18(26)20(27)21(22)28)15-19(25(29,30)31)35(33-9-5-3-6-10-33)34-11-7-4-8-12-34/h13-14,19H,2-12,15H2,1H3. The molecule has 38 heavy (non-hydrogen) atoms. The lowest BCUT2D eigenvalue weighted by molar-refractivity contribution is -0.299. The van der Waals surface area contributed by atoms with Crippen LogP contribution in [-0.4, -0.2) is 70.7 Å². The third-order valence-electron chi connectivity index (χ3n) is 6.96. The molecule has 4 rings (SSSR count). The van der Waals surface area contributed by atoms with Gasteiger partial charge in [-0.05, 0) is 38.7 Å². The zero-order chi connectivity index (χ0) is 27.6. The third-order valence-corrected chi connectivity index (χ3v) is 6.96. The smallest absolute Gasteiger partial charge is 0.408 e. The van der Waals surface area contributed by atoms with Crippen molar-refractivity contribution in [2.45, 2.75) is 64.2 Å². The molecule has 2 aromatic rings. The minimum atomic E-state index is -4.84. The molecule has 0 saturated carbocycles. The Labute approximate surface area is 215 Å². The van der Waals surface area contributed by atoms with Crippen LogP contribution >= 0.6 is 0 Å². The number of pyridine rings is 1. The Kier molecular flexibility index (Phi) is 8.68. The van der Waals surface area contributed by atoms with Gasteiger partial charge in [-0.1, -0.05) is 12.8 Å². The van der Waals surface area contributed by atoms with Crippen molar-refractivity contribution in [3.8, 4) is 0 Å². The first-order chi connectivity index (χ1) is 18.0. The number of carbonyl (C=O) groups excluding carboxylic acids is 1. The van der Waals surface area contributed by atoms with Crippen molar-refractivity contribution in [3.05, 3.63) is 45.5 Å². The van der Waals surface area contributed by atoms with Gasteiger partial charge in [-0.3, -0.25) is 4.79 Å². The van der Waals surface area contributed by atoms with Crippen LogP contribution in [0.4, 0.5) is 26.3 Å². The number of fused-ring (bicyclic) bond motifs is 1. The second-order valence-corrected chi connectivity index (χ2v) is 9.53. The van der Waals surface area contributed by atoms with E-state index in [-0.39, 0.29) is 6.61 Å². The molecule has 0 radical (unpaired) electrons. The molecule has 2 fully saturated rings. The van der Waals surface area contributed by atoms with Gasteiger partial charge in [0.05, 0.1) is 24.1 Å². The molecule has 2 saturated heterocycles. The topological polar surface area (TPSA) is 58.0 Å². The van der Waals surface area contributed by atoms with E-state index < -0.39 is 64.1 Å². The highest BCUT2D eigenvalue weighted by Gasteiger charge is 2.48. The minimum absolute atomic E-state index is 0.147. The summed E-state index contributed by atoms with van der Waals surface area (Å²) in [5.74, 6) is -6.60. The van der Waals surface area contributed by atoms with Crippen LogP contribution < -0.4 is 5.43 Å². The molecule has 0 spiro atoms. The van der Waals surface area contributed by atoms with Crippen LogP contribution in [0.5, 0.6) is 0 Å². The van der Waals surface area contributed by atoms with Crippen LogP contribution in [0.1, 0.15) is 55.8 Å². The van der Waals surface area contributed by atoms with Crippen LogP contribution in [-0.2, 0) is 11.3 Å². The molecule has 2 aliphatic rings. The predicted molar refractivity (Wildman–Crippen MR) is 127 cm³/mol. The van der Waals surface area contributed by atoms with E-state index in [0.717, 1.165) is 19.0 Å². The van der Waals surface area contributed by atoms with E-state index in [1.165, 1.54) is 12.0 Å². The maximum Gasteiger partial charge on any atom is 0.408 e. The maximum atomic E-state index is 15.0. The fraction of sp³-hybridized carbons (Fsp3) is 0.600. The van der Waals surface area contributed by atoms with Crippen LogP contribution in [0.25, 0.3) is 10.9 Å². The van der Waals surface area contributed by atoms with Crippen molar-refractivity contribution in [3.63, 3.8) is 0 Å². The molecule has 1 unspecified atom stereocenters. The number of hydrazine groups is 2. The summed E-state index contributed by atoms with van der Waals surface area (Å²) in [5, 5.41) is 3.67. The first kappa shape index (κ1) is 28.4. The van der Waals surface area contributed by atoms with E-state index in [2.05, 4.69) is 0 Å². The van der Waals surface area contributed by atoms with E-state index in [4.69, 9.17) is 4.74 Å². The van der Waals surface area contributed by atoms with E-state index in [1.54, 1.807) is 10.0 Å². The van der Waals surface area contributed by atoms with E-state index in [9.17, 15) is 31.5 Å². The maximum absolute atomic E-state index is 15.0. The van der Waals surface area contributed by atoms with Crippen LogP contribution in [0.3, 0.4) is 0 Å². The van der Waals surface area contributed by atoms with Gasteiger partial charge in [-0.25, -0.2) is 28.0 Å². The third kappa shape index (κ3) is 5.69. The molecule has 0 amide bonds. The van der Waals surface area contributed by atoms with Crippen LogP contribution in [0.15, 0.2) is 17.1 Å². The van der Waals surface area contributed by atoms with Gasteiger partial charge >= 0.3 is 12.1 Å². The normalized spacial score (nSPS) is 18.7. The van der Waals surface area contributed by atoms with Crippen molar-refractivity contribution in [2.24, 2.45) is 0 Å². The number of carbonyl (C=O) groups is 1. The van der Waals surface area contributed by atoms with Gasteiger partial charge in [0.1, 0.15) is 5.56 Å². The van der Waals surface area contributed by atoms with Gasteiger partial charge in [-0.15, -0.1) is 0 Å². The number of hydrogen-bond donors (Lipinski definition) is 0. The first-order valence-corrected chi connectivity index (χ1v) is 12.8. The van der Waals surface area contributed by atoms with Crippen molar-refractivity contribution < 1.29 is 35.9 Å². The highest BCUT2D eigenvalue weighted by atomic mass is 19.4. The molecule has 13 heteroatoms. The quantitative estimate of drug-likeness (QED) is 0.286. The van der Waals surface area contributed by atoms with Crippen molar-refractivity contribution >= 4 is 16.9 Å². The summed E-state index contributed by atoms with van der Waals surface area (Å²) in [7, 11) is 0. The Hall–Kier alpha value is -2.64. The van der Waals surface area contributed by atoms with E-state index in [0.29, 0.717) is 62.5 Å². The Balaban J connectivity index is 1.90. The molecule has 1 atom stereocenters. The minimum Gasteiger partial charge on any atom is -0.462 e. The summed E-state index contributed by atoms with van der Waals surface area (Å²) in [6.07, 6.45) is 0.443. The lowest BCUT2D eigenvalue weighted by Gasteiger charge is -2.49. The largest absolute Gasteiger partial charge is 0.462 e. The summed E-state index contributed by atoms with van der Waals surface area (Å²) in [5.41, 5.74) is -2.72. The molecule has 0 bridgehead atoms. The second-order valence-electron chi connectivity index (χ2n) is 9.53. The summed E-state index contributed by atoms with van der Waals surface area (Å²) in [6, 6.07) is -1.85. The second kappa shape index (κ2) is 11.6. The molecule has 7 nitrogen and oxygen atoms in total. The Morgan fingerprint density at radius 2 is 1.53 bits per heavy atom. The molecule has 0 N–H and O–H groups in total. The summed E-state index contributed by atoms with van der Waals surface area (Å²) >= 11 is 0. The molecular formula is C25H30F6N4O3. The van der Waals surface area contributed by atoms with Gasteiger partial charge in [0.25, 0.3) is 0 Å². The Bertz CT molecular complexity index is 1200. The molecule has 2 aliphatic heterocycles. The summed E-state index contributed by atoms with van der Waals surface area (Å²) in [4.78, 5) is 25.4. The van der Waals surface area contributed by atoms with Crippen molar-refractivity contribution in [1.29, 1.82) is 0 Å². The van der Waals surface area contributed by atoms with Gasteiger partial charge in [0, 0.05) is 32.4 Å². The summed E-state index contributed by atoms with van der Waals surface area (Å²) < 4.78 is 93.2. The van der Waals surface area contributed by atoms with E-state index >= 15 is 4.39 Å². The van der Waals surface area contributed by atoms with Crippen molar-refractivity contribution in [2.75, 3.05) is 32.8 Å². The fourth-order valence-electron chi connectivity index (χ4n) is 5.19. The van der Waals surface area contributed by atoms with Gasteiger partial charge < -0.3 is 9.30 Å². The number of aromatic nitrogens is 1. The number of hydrogen-bond acceptors (Lipinski definition) is 6. The molecule has 1 aromatic carbocycles. The number of halogens is 6. The SMILES string of the molecule is CCOC(=O)c1cn(CC(N(N2CCCCC2)N2CCCCC2)C(F)(F)F)c2c(F)c(F)c(F)cc2c1=O. The van der Waals surface area contributed by atoms with Gasteiger partial charge in [0.15, 0.2) is 23.5 Å². The monoisotopic (exact) mass is 548 g/mol. The summed E-state index contributed by atoms with van der Waals surface area (Å²) in [6.45, 7) is 1.87. The molecule has 0 aliphatic carbocycles. The van der Waals surface area contributed by atoms with Crippen LogP contribution in [0.2, 0.25) is 0 Å². The highest BCUT2D eigenvalue weighted by Crippen LogP contribution is 2.33. The average molecular weight is 549 g/mol. The number of alkyl halides is 3. The molecular weight excluding hydrogens is 518 g/mol. The zero-order valence-electron chi connectivity index (χ0n) is 21.0. The number of nitrogens with zero attached hydrogens (tertiary/aromatic N) is 4. The molecule has 210 valence electrons. The average Bonchev–Trinajstić information content (AvgIpc) is 2.89. The van der Waals surface area contributed by atoms with E-state index in [1.807, 2.05) is 0 Å². The fourth-order valence-corrected chi connectivity index (χ4v) is 5.19. The number of esters is 1. The van der Waals surface area contributed by atoms with Crippen molar-refractivity contribution in [1.82, 2.24) is 19.7 Å². The number of ether oxygens (including phenoxy) is 1. The lowest BCUT2D eigenvalue weighted by atomic mass is 10.1. The predicted octanol–water partition coefficient (Wildman–Crippen LogP) is 4.63. The first-order valence-electron chi connectivity index (χ1n) is 12.8. The highest BCUT2D eigenvalue weighted by molar-refractivity contribution is 5.94. The Morgan fingerprint density at radius 1 is 0.974 bits per heavy atom. The van der Waals surface area contributed by atoms with Gasteiger partial charge in [0.2, 0.25) is 5.43 Å².